The number of hydrogen-bond acceptors (Lipinski definition) is 1. The highest BCUT2D eigenvalue weighted by Crippen LogP contribution is 2.45. The van der Waals surface area contributed by atoms with Crippen LogP contribution in [0, 0.1) is 13.8 Å². The van der Waals surface area contributed by atoms with Crippen LogP contribution in [-0.2, 0) is 16.6 Å². The van der Waals surface area contributed by atoms with Crippen LogP contribution in [0.1, 0.15) is 58.6 Å². The first kappa shape index (κ1) is 20.4. The van der Waals surface area contributed by atoms with Gasteiger partial charge < -0.3 is 5.32 Å². The zero-order chi connectivity index (χ0) is 21.1. The fourth-order valence-corrected chi connectivity index (χ4v) is 5.08. The summed E-state index contributed by atoms with van der Waals surface area (Å²) >= 11 is 0. The molecular formula is C28H31NO. The van der Waals surface area contributed by atoms with Crippen molar-refractivity contribution in [2.75, 3.05) is 7.05 Å². The first-order valence-corrected chi connectivity index (χ1v) is 11.0. The standard InChI is InChI=1S/C28H31NO/c1-20-11-15-24(16-12-20)28(27(30)29-3,25-17-13-21(2)14-18-25)19-23-9-6-8-22-7-4-5-10-26(22)23/h4-5,7,10-18,23H,6,8-9,19H2,1-3H3,(H,29,30). The Morgan fingerprint density at radius 2 is 1.47 bits per heavy atom. The molecular weight excluding hydrogens is 366 g/mol. The smallest absolute Gasteiger partial charge is 0.234 e. The third kappa shape index (κ3) is 3.67. The van der Waals surface area contributed by atoms with Gasteiger partial charge in [-0.05, 0) is 67.7 Å². The SMILES string of the molecule is CNC(=O)C(CC1CCCc2ccccc21)(c1ccc(C)cc1)c1ccc(C)cc1. The van der Waals surface area contributed by atoms with Gasteiger partial charge in [0.2, 0.25) is 5.91 Å². The topological polar surface area (TPSA) is 29.1 Å². The molecule has 1 aliphatic rings. The Morgan fingerprint density at radius 1 is 0.900 bits per heavy atom. The molecule has 0 fully saturated rings. The van der Waals surface area contributed by atoms with E-state index >= 15 is 0 Å². The van der Waals surface area contributed by atoms with E-state index < -0.39 is 5.41 Å². The van der Waals surface area contributed by atoms with Gasteiger partial charge >= 0.3 is 0 Å². The van der Waals surface area contributed by atoms with Gasteiger partial charge in [-0.2, -0.15) is 0 Å². The molecule has 2 heteroatoms. The lowest BCUT2D eigenvalue weighted by Crippen LogP contribution is -2.45. The van der Waals surface area contributed by atoms with Gasteiger partial charge in [0, 0.05) is 7.05 Å². The summed E-state index contributed by atoms with van der Waals surface area (Å²) in [6.45, 7) is 4.18. The molecule has 1 atom stereocenters. The number of rotatable bonds is 5. The molecule has 154 valence electrons. The number of carbonyl (C=O) groups is 1. The second-order valence-electron chi connectivity index (χ2n) is 8.71. The van der Waals surface area contributed by atoms with E-state index in [2.05, 4.69) is 92.0 Å². The third-order valence-electron chi connectivity index (χ3n) is 6.75. The fourth-order valence-electron chi connectivity index (χ4n) is 5.08. The highest BCUT2D eigenvalue weighted by Gasteiger charge is 2.44. The van der Waals surface area contributed by atoms with E-state index in [-0.39, 0.29) is 5.91 Å². The number of amides is 1. The van der Waals surface area contributed by atoms with Crippen molar-refractivity contribution in [2.24, 2.45) is 0 Å². The maximum absolute atomic E-state index is 13.7. The Morgan fingerprint density at radius 3 is 2.03 bits per heavy atom. The molecule has 0 saturated heterocycles. The van der Waals surface area contributed by atoms with E-state index in [1.54, 1.807) is 7.05 Å². The van der Waals surface area contributed by atoms with Crippen LogP contribution < -0.4 is 5.32 Å². The van der Waals surface area contributed by atoms with Gasteiger partial charge in [0.25, 0.3) is 0 Å². The Hall–Kier alpha value is -2.87. The lowest BCUT2D eigenvalue weighted by Gasteiger charge is -2.38. The molecule has 1 unspecified atom stereocenters. The van der Waals surface area contributed by atoms with Gasteiger partial charge in [0.05, 0.1) is 5.41 Å². The number of fused-ring (bicyclic) bond motifs is 1. The predicted molar refractivity (Wildman–Crippen MR) is 124 cm³/mol. The van der Waals surface area contributed by atoms with Crippen molar-refractivity contribution in [2.45, 2.75) is 50.9 Å². The molecule has 0 heterocycles. The van der Waals surface area contributed by atoms with Crippen LogP contribution in [0.5, 0.6) is 0 Å². The van der Waals surface area contributed by atoms with Crippen molar-refractivity contribution in [3.05, 3.63) is 106 Å². The molecule has 0 radical (unpaired) electrons. The summed E-state index contributed by atoms with van der Waals surface area (Å²) in [4.78, 5) is 13.7. The number of benzene rings is 3. The van der Waals surface area contributed by atoms with E-state index in [1.807, 2.05) is 0 Å². The zero-order valence-corrected chi connectivity index (χ0v) is 18.2. The van der Waals surface area contributed by atoms with Crippen molar-refractivity contribution < 1.29 is 4.79 Å². The van der Waals surface area contributed by atoms with E-state index in [1.165, 1.54) is 28.7 Å². The van der Waals surface area contributed by atoms with Gasteiger partial charge in [0.15, 0.2) is 0 Å². The van der Waals surface area contributed by atoms with Crippen LogP contribution >= 0.6 is 0 Å². The molecule has 3 aromatic rings. The Balaban J connectivity index is 1.89. The van der Waals surface area contributed by atoms with Gasteiger partial charge in [-0.15, -0.1) is 0 Å². The molecule has 0 saturated carbocycles. The molecule has 2 nitrogen and oxygen atoms in total. The van der Waals surface area contributed by atoms with Crippen molar-refractivity contribution in [1.29, 1.82) is 0 Å². The normalized spacial score (nSPS) is 16.0. The first-order valence-electron chi connectivity index (χ1n) is 11.0. The van der Waals surface area contributed by atoms with Gasteiger partial charge in [0.1, 0.15) is 0 Å². The molecule has 0 aromatic heterocycles. The zero-order valence-electron chi connectivity index (χ0n) is 18.2. The third-order valence-corrected chi connectivity index (χ3v) is 6.75. The van der Waals surface area contributed by atoms with Gasteiger partial charge in [-0.3, -0.25) is 4.79 Å². The van der Waals surface area contributed by atoms with Crippen LogP contribution in [0.2, 0.25) is 0 Å². The van der Waals surface area contributed by atoms with Crippen LogP contribution in [0.3, 0.4) is 0 Å². The number of carbonyl (C=O) groups excluding carboxylic acids is 1. The molecule has 3 aromatic carbocycles. The molecule has 0 aliphatic heterocycles. The van der Waals surface area contributed by atoms with Gasteiger partial charge in [-0.25, -0.2) is 0 Å². The summed E-state index contributed by atoms with van der Waals surface area (Å²) in [6, 6.07) is 25.8. The highest BCUT2D eigenvalue weighted by molar-refractivity contribution is 5.92. The van der Waals surface area contributed by atoms with E-state index in [9.17, 15) is 4.79 Å². The number of nitrogens with one attached hydrogen (secondary N) is 1. The Bertz CT molecular complexity index is 972. The monoisotopic (exact) mass is 397 g/mol. The lowest BCUT2D eigenvalue weighted by atomic mass is 9.65. The van der Waals surface area contributed by atoms with Crippen LogP contribution in [0.15, 0.2) is 72.8 Å². The van der Waals surface area contributed by atoms with Crippen LogP contribution in [0.4, 0.5) is 0 Å². The Kier molecular flexibility index (Phi) is 5.76. The quantitative estimate of drug-likeness (QED) is 0.575. The maximum Gasteiger partial charge on any atom is 0.234 e. The van der Waals surface area contributed by atoms with E-state index in [4.69, 9.17) is 0 Å². The summed E-state index contributed by atoms with van der Waals surface area (Å²) in [5.74, 6) is 0.424. The second-order valence-corrected chi connectivity index (χ2v) is 8.71. The van der Waals surface area contributed by atoms with E-state index in [0.717, 1.165) is 30.4 Å². The van der Waals surface area contributed by atoms with Crippen LogP contribution in [-0.4, -0.2) is 13.0 Å². The molecule has 1 amide bonds. The van der Waals surface area contributed by atoms with Crippen LogP contribution in [0.25, 0.3) is 0 Å². The fraction of sp³-hybridized carbons (Fsp3) is 0.321. The molecule has 1 aliphatic carbocycles. The molecule has 1 N–H and O–H groups in total. The summed E-state index contributed by atoms with van der Waals surface area (Å²) in [7, 11) is 1.76. The lowest BCUT2D eigenvalue weighted by molar-refractivity contribution is -0.125. The molecule has 0 spiro atoms. The van der Waals surface area contributed by atoms with E-state index in [0.29, 0.717) is 5.92 Å². The number of likely N-dealkylation sites (N-methyl/N-ethyl adjacent to an activating group) is 1. The summed E-state index contributed by atoms with van der Waals surface area (Å²) in [5.41, 5.74) is 6.68. The van der Waals surface area contributed by atoms with Gasteiger partial charge in [-0.1, -0.05) is 83.9 Å². The second kappa shape index (κ2) is 8.47. The summed E-state index contributed by atoms with van der Waals surface area (Å²) in [5, 5.41) is 3.01. The Labute approximate surface area is 180 Å². The van der Waals surface area contributed by atoms with Crippen molar-refractivity contribution in [1.82, 2.24) is 5.32 Å². The predicted octanol–water partition coefficient (Wildman–Crippen LogP) is 5.85. The largest absolute Gasteiger partial charge is 0.358 e. The molecule has 4 rings (SSSR count). The first-order chi connectivity index (χ1) is 14.5. The molecule has 0 bridgehead atoms. The molecule has 30 heavy (non-hydrogen) atoms. The average Bonchev–Trinajstić information content (AvgIpc) is 2.78. The maximum atomic E-state index is 13.7. The van der Waals surface area contributed by atoms with Crippen molar-refractivity contribution in [3.8, 4) is 0 Å². The average molecular weight is 398 g/mol. The van der Waals surface area contributed by atoms with Crippen molar-refractivity contribution in [3.63, 3.8) is 0 Å². The number of hydrogen-bond donors (Lipinski definition) is 1. The summed E-state index contributed by atoms with van der Waals surface area (Å²) in [6.07, 6.45) is 4.20. The minimum absolute atomic E-state index is 0.0678. The summed E-state index contributed by atoms with van der Waals surface area (Å²) < 4.78 is 0. The minimum atomic E-state index is -0.717. The number of aryl methyl sites for hydroxylation is 3. The minimum Gasteiger partial charge on any atom is -0.358 e. The van der Waals surface area contributed by atoms with Crippen molar-refractivity contribution >= 4 is 5.91 Å². The highest BCUT2D eigenvalue weighted by atomic mass is 16.2.